The molecule has 0 atom stereocenters. The largest absolute Gasteiger partial charge is 0.467 e. The van der Waals surface area contributed by atoms with Gasteiger partial charge in [0.15, 0.2) is 5.65 Å². The van der Waals surface area contributed by atoms with E-state index < -0.39 is 0 Å². The van der Waals surface area contributed by atoms with Gasteiger partial charge in [0.25, 0.3) is 5.91 Å². The van der Waals surface area contributed by atoms with Crippen molar-refractivity contribution in [3.05, 3.63) is 72.1 Å². The van der Waals surface area contributed by atoms with Crippen LogP contribution in [0.2, 0.25) is 0 Å². The number of hydrogen-bond donors (Lipinski definition) is 2. The highest BCUT2D eigenvalue weighted by molar-refractivity contribution is 5.94. The molecule has 0 radical (unpaired) electrons. The van der Waals surface area contributed by atoms with E-state index in [1.807, 2.05) is 37.3 Å². The summed E-state index contributed by atoms with van der Waals surface area (Å²) in [7, 11) is 0. The van der Waals surface area contributed by atoms with Gasteiger partial charge < -0.3 is 15.1 Å². The van der Waals surface area contributed by atoms with Crippen molar-refractivity contribution in [2.24, 2.45) is 0 Å². The molecule has 142 valence electrons. The highest BCUT2D eigenvalue weighted by atomic mass is 16.3. The Balaban J connectivity index is 1.40. The maximum atomic E-state index is 12.3. The molecular weight excluding hydrogens is 356 g/mol. The second-order valence-corrected chi connectivity index (χ2v) is 6.39. The number of anilines is 1. The molecule has 2 N–H and O–H groups in total. The predicted octanol–water partition coefficient (Wildman–Crippen LogP) is 2.77. The number of nitrogens with one attached hydrogen (secondary N) is 2. The zero-order valence-corrected chi connectivity index (χ0v) is 15.4. The number of nitrogens with zero attached hydrogens (tertiary/aromatic N) is 4. The summed E-state index contributed by atoms with van der Waals surface area (Å²) in [5.41, 5.74) is 2.41. The number of aromatic nitrogens is 4. The number of rotatable bonds is 7. The van der Waals surface area contributed by atoms with Gasteiger partial charge in [0.2, 0.25) is 0 Å². The molecule has 0 saturated carbocycles. The van der Waals surface area contributed by atoms with Crippen molar-refractivity contribution in [3.63, 3.8) is 0 Å². The van der Waals surface area contributed by atoms with Crippen molar-refractivity contribution in [3.8, 4) is 0 Å². The number of amides is 1. The number of hydrogen-bond acceptors (Lipinski definition) is 6. The first-order valence-electron chi connectivity index (χ1n) is 8.98. The second-order valence-electron chi connectivity index (χ2n) is 6.39. The minimum atomic E-state index is -0.101. The van der Waals surface area contributed by atoms with Gasteiger partial charge in [-0.05, 0) is 31.2 Å². The lowest BCUT2D eigenvalue weighted by atomic mass is 10.1. The zero-order valence-electron chi connectivity index (χ0n) is 15.4. The van der Waals surface area contributed by atoms with Crippen LogP contribution >= 0.6 is 0 Å². The number of carbonyl (C=O) groups excluding carboxylic acids is 1. The van der Waals surface area contributed by atoms with Crippen LogP contribution in [0, 0.1) is 6.92 Å². The first kappa shape index (κ1) is 17.7. The molecule has 0 aliphatic carbocycles. The van der Waals surface area contributed by atoms with E-state index >= 15 is 0 Å². The molecule has 0 fully saturated rings. The lowest BCUT2D eigenvalue weighted by molar-refractivity contribution is 0.0952. The van der Waals surface area contributed by atoms with Gasteiger partial charge in [-0.25, -0.2) is 14.6 Å². The van der Waals surface area contributed by atoms with Crippen LogP contribution in [0.3, 0.4) is 0 Å². The lowest BCUT2D eigenvalue weighted by Gasteiger charge is -2.07. The molecule has 0 saturated heterocycles. The van der Waals surface area contributed by atoms with Crippen LogP contribution in [0.4, 0.5) is 5.82 Å². The molecule has 8 heteroatoms. The Bertz CT molecular complexity index is 1090. The van der Waals surface area contributed by atoms with Crippen molar-refractivity contribution in [2.75, 3.05) is 11.9 Å². The van der Waals surface area contributed by atoms with Crippen LogP contribution in [0.25, 0.3) is 11.0 Å². The van der Waals surface area contributed by atoms with Gasteiger partial charge in [-0.2, -0.15) is 5.10 Å². The summed E-state index contributed by atoms with van der Waals surface area (Å²) in [6.45, 7) is 3.44. The van der Waals surface area contributed by atoms with E-state index in [0.29, 0.717) is 36.7 Å². The molecular formula is C20H20N6O2. The summed E-state index contributed by atoms with van der Waals surface area (Å²) in [6.07, 6.45) is 4.86. The summed E-state index contributed by atoms with van der Waals surface area (Å²) in [4.78, 5) is 20.9. The first-order chi connectivity index (χ1) is 13.7. The number of fused-ring (bicyclic) bond motifs is 1. The summed E-state index contributed by atoms with van der Waals surface area (Å²) in [6, 6.07) is 11.2. The monoisotopic (exact) mass is 376 g/mol. The number of aryl methyl sites for hydroxylation is 1. The van der Waals surface area contributed by atoms with Gasteiger partial charge in [0.05, 0.1) is 30.9 Å². The van der Waals surface area contributed by atoms with E-state index in [4.69, 9.17) is 4.42 Å². The molecule has 0 aliphatic heterocycles. The summed E-state index contributed by atoms with van der Waals surface area (Å²) in [5, 5.41) is 11.4. The van der Waals surface area contributed by atoms with Crippen LogP contribution in [-0.2, 0) is 13.1 Å². The normalized spacial score (nSPS) is 10.9. The third-order valence-electron chi connectivity index (χ3n) is 4.33. The van der Waals surface area contributed by atoms with Crippen LogP contribution in [-0.4, -0.2) is 32.2 Å². The fraction of sp³-hybridized carbons (Fsp3) is 0.200. The fourth-order valence-electron chi connectivity index (χ4n) is 2.95. The number of carbonyl (C=O) groups is 1. The zero-order chi connectivity index (χ0) is 19.3. The SMILES string of the molecule is Cc1cccc(C(=O)NCCn2ncc3c(NCc4ccco4)ncnc32)c1. The van der Waals surface area contributed by atoms with Crippen molar-refractivity contribution >= 4 is 22.8 Å². The molecule has 1 amide bonds. The quantitative estimate of drug-likeness (QED) is 0.515. The Morgan fingerprint density at radius 3 is 2.96 bits per heavy atom. The summed E-state index contributed by atoms with van der Waals surface area (Å²) >= 11 is 0. The van der Waals surface area contributed by atoms with E-state index in [0.717, 1.165) is 16.7 Å². The molecule has 1 aromatic carbocycles. The smallest absolute Gasteiger partial charge is 0.251 e. The molecule has 0 spiro atoms. The lowest BCUT2D eigenvalue weighted by Crippen LogP contribution is -2.27. The molecule has 28 heavy (non-hydrogen) atoms. The Morgan fingerprint density at radius 1 is 1.21 bits per heavy atom. The average Bonchev–Trinajstić information content (AvgIpc) is 3.36. The van der Waals surface area contributed by atoms with Gasteiger partial charge in [-0.1, -0.05) is 17.7 Å². The predicted molar refractivity (Wildman–Crippen MR) is 105 cm³/mol. The first-order valence-corrected chi connectivity index (χ1v) is 8.98. The third kappa shape index (κ3) is 3.85. The van der Waals surface area contributed by atoms with Gasteiger partial charge in [0.1, 0.15) is 17.9 Å². The van der Waals surface area contributed by atoms with Crippen molar-refractivity contribution in [2.45, 2.75) is 20.0 Å². The average molecular weight is 376 g/mol. The number of furan rings is 1. The van der Waals surface area contributed by atoms with Gasteiger partial charge in [-0.3, -0.25) is 4.79 Å². The van der Waals surface area contributed by atoms with Crippen LogP contribution in [0.15, 0.2) is 59.6 Å². The van der Waals surface area contributed by atoms with Gasteiger partial charge in [0, 0.05) is 12.1 Å². The summed E-state index contributed by atoms with van der Waals surface area (Å²) in [5.74, 6) is 1.41. The Labute approximate surface area is 161 Å². The van der Waals surface area contributed by atoms with Crippen molar-refractivity contribution in [1.29, 1.82) is 0 Å². The second kappa shape index (κ2) is 7.91. The molecule has 3 heterocycles. The Kier molecular flexibility index (Phi) is 5.01. The molecule has 0 unspecified atom stereocenters. The summed E-state index contributed by atoms with van der Waals surface area (Å²) < 4.78 is 7.08. The molecule has 0 aliphatic rings. The standard InChI is InChI=1S/C20H20N6O2/c1-14-4-2-5-15(10-14)20(27)21-7-8-26-19-17(12-25-26)18(23-13-24-19)22-11-16-6-3-9-28-16/h2-6,9-10,12-13H,7-8,11H2,1H3,(H,21,27)(H,22,23,24). The topological polar surface area (TPSA) is 97.9 Å². The Morgan fingerprint density at radius 2 is 2.14 bits per heavy atom. The molecule has 8 nitrogen and oxygen atoms in total. The maximum absolute atomic E-state index is 12.3. The minimum Gasteiger partial charge on any atom is -0.467 e. The Hall–Kier alpha value is -3.68. The number of benzene rings is 1. The highest BCUT2D eigenvalue weighted by Crippen LogP contribution is 2.19. The maximum Gasteiger partial charge on any atom is 0.251 e. The van der Waals surface area contributed by atoms with Crippen molar-refractivity contribution in [1.82, 2.24) is 25.1 Å². The molecule has 4 aromatic rings. The minimum absolute atomic E-state index is 0.101. The van der Waals surface area contributed by atoms with Crippen LogP contribution in [0.5, 0.6) is 0 Å². The van der Waals surface area contributed by atoms with E-state index in [1.54, 1.807) is 23.2 Å². The van der Waals surface area contributed by atoms with Crippen LogP contribution in [0.1, 0.15) is 21.7 Å². The third-order valence-corrected chi connectivity index (χ3v) is 4.33. The van der Waals surface area contributed by atoms with Gasteiger partial charge in [-0.15, -0.1) is 0 Å². The van der Waals surface area contributed by atoms with Crippen LogP contribution < -0.4 is 10.6 Å². The fourth-order valence-corrected chi connectivity index (χ4v) is 2.95. The molecule has 3 aromatic heterocycles. The van der Waals surface area contributed by atoms with Crippen molar-refractivity contribution < 1.29 is 9.21 Å². The van der Waals surface area contributed by atoms with E-state index in [2.05, 4.69) is 25.7 Å². The highest BCUT2D eigenvalue weighted by Gasteiger charge is 2.11. The van der Waals surface area contributed by atoms with Gasteiger partial charge >= 0.3 is 0 Å². The molecule has 4 rings (SSSR count). The van der Waals surface area contributed by atoms with E-state index in [1.165, 1.54) is 6.33 Å². The van der Waals surface area contributed by atoms with E-state index in [9.17, 15) is 4.79 Å². The van der Waals surface area contributed by atoms with E-state index in [-0.39, 0.29) is 5.91 Å². The molecule has 0 bridgehead atoms.